The summed E-state index contributed by atoms with van der Waals surface area (Å²) in [7, 11) is 2.11. The van der Waals surface area contributed by atoms with Crippen molar-refractivity contribution in [2.24, 2.45) is 0 Å². The van der Waals surface area contributed by atoms with Crippen molar-refractivity contribution in [3.8, 4) is 0 Å². The second-order valence-corrected chi connectivity index (χ2v) is 1.92. The molecule has 0 radical (unpaired) electrons. The number of nitrogens with zero attached hydrogens (tertiary/aromatic N) is 1. The molecular formula is C5H12BrNO. The van der Waals surface area contributed by atoms with Crippen LogP contribution in [0.15, 0.2) is 0 Å². The Hall–Kier alpha value is 0.400. The van der Waals surface area contributed by atoms with Crippen LogP contribution in [0.1, 0.15) is 0 Å². The van der Waals surface area contributed by atoms with Crippen molar-refractivity contribution in [2.45, 2.75) is 0 Å². The van der Waals surface area contributed by atoms with Gasteiger partial charge in [-0.1, -0.05) is 0 Å². The lowest BCUT2D eigenvalue weighted by molar-refractivity contribution is 0.0503. The Bertz CT molecular complexity index is 54.4. The molecule has 0 atom stereocenters. The fourth-order valence-electron chi connectivity index (χ4n) is 0.655. The van der Waals surface area contributed by atoms with Crippen molar-refractivity contribution in [1.82, 2.24) is 4.90 Å². The van der Waals surface area contributed by atoms with E-state index in [1.807, 2.05) is 0 Å². The lowest BCUT2D eigenvalue weighted by atomic mass is 10.5. The third kappa shape index (κ3) is 2.64. The van der Waals surface area contributed by atoms with Crippen LogP contribution in [-0.2, 0) is 4.74 Å². The first-order valence-corrected chi connectivity index (χ1v) is 2.66. The van der Waals surface area contributed by atoms with Gasteiger partial charge in [0.15, 0.2) is 0 Å². The predicted octanol–water partition coefficient (Wildman–Crippen LogP) is 0.526. The monoisotopic (exact) mass is 181 g/mol. The molecule has 0 aromatic heterocycles. The third-order valence-electron chi connectivity index (χ3n) is 1.23. The quantitative estimate of drug-likeness (QED) is 0.541. The molecule has 2 nitrogen and oxygen atoms in total. The number of hydrogen-bond donors (Lipinski definition) is 0. The van der Waals surface area contributed by atoms with Crippen LogP contribution < -0.4 is 0 Å². The summed E-state index contributed by atoms with van der Waals surface area (Å²) >= 11 is 0. The molecule has 8 heavy (non-hydrogen) atoms. The van der Waals surface area contributed by atoms with Crippen LogP contribution in [0, 0.1) is 0 Å². The molecule has 0 saturated carbocycles. The van der Waals surface area contributed by atoms with Crippen LogP contribution in [-0.4, -0.2) is 38.3 Å². The molecule has 1 heterocycles. The van der Waals surface area contributed by atoms with Gasteiger partial charge in [-0.15, -0.1) is 17.0 Å². The maximum atomic E-state index is 5.10. The van der Waals surface area contributed by atoms with E-state index in [-0.39, 0.29) is 17.0 Å². The summed E-state index contributed by atoms with van der Waals surface area (Å²) in [5.41, 5.74) is 0. The van der Waals surface area contributed by atoms with Crippen molar-refractivity contribution < 1.29 is 4.74 Å². The molecule has 0 unspecified atom stereocenters. The first kappa shape index (κ1) is 8.40. The molecule has 0 N–H and O–H groups in total. The van der Waals surface area contributed by atoms with E-state index in [1.165, 1.54) is 0 Å². The van der Waals surface area contributed by atoms with Crippen LogP contribution in [0.5, 0.6) is 0 Å². The Labute approximate surface area is 60.6 Å². The zero-order valence-electron chi connectivity index (χ0n) is 5.09. The highest BCUT2D eigenvalue weighted by molar-refractivity contribution is 8.93. The molecule has 0 bridgehead atoms. The molecule has 0 aromatic rings. The van der Waals surface area contributed by atoms with E-state index in [4.69, 9.17) is 4.74 Å². The number of likely N-dealkylation sites (N-methyl/N-ethyl adjacent to an activating group) is 1. The minimum atomic E-state index is 0. The zero-order valence-corrected chi connectivity index (χ0v) is 6.81. The molecule has 1 rings (SSSR count). The van der Waals surface area contributed by atoms with Gasteiger partial charge < -0.3 is 9.64 Å². The topological polar surface area (TPSA) is 12.5 Å². The molecule has 1 saturated heterocycles. The van der Waals surface area contributed by atoms with E-state index >= 15 is 0 Å². The van der Waals surface area contributed by atoms with Gasteiger partial charge in [0.05, 0.1) is 13.2 Å². The minimum absolute atomic E-state index is 0. The maximum Gasteiger partial charge on any atom is 0.0594 e. The molecule has 0 amide bonds. The van der Waals surface area contributed by atoms with Crippen LogP contribution in [0.3, 0.4) is 0 Å². The molecule has 0 aromatic carbocycles. The first-order valence-electron chi connectivity index (χ1n) is 2.66. The minimum Gasteiger partial charge on any atom is -0.379 e. The number of ether oxygens (including phenoxy) is 1. The van der Waals surface area contributed by atoms with Gasteiger partial charge in [0.1, 0.15) is 0 Å². The summed E-state index contributed by atoms with van der Waals surface area (Å²) in [6.07, 6.45) is 0. The first-order chi connectivity index (χ1) is 3.39. The highest BCUT2D eigenvalue weighted by Crippen LogP contribution is 1.89. The van der Waals surface area contributed by atoms with E-state index in [0.29, 0.717) is 0 Å². The smallest absolute Gasteiger partial charge is 0.0594 e. The molecular weight excluding hydrogens is 170 g/mol. The third-order valence-corrected chi connectivity index (χ3v) is 1.23. The number of rotatable bonds is 0. The number of hydrogen-bond acceptors (Lipinski definition) is 2. The van der Waals surface area contributed by atoms with Crippen molar-refractivity contribution in [3.05, 3.63) is 0 Å². The van der Waals surface area contributed by atoms with Crippen molar-refractivity contribution in [2.75, 3.05) is 33.4 Å². The van der Waals surface area contributed by atoms with Gasteiger partial charge >= 0.3 is 0 Å². The Morgan fingerprint density at radius 2 is 1.75 bits per heavy atom. The highest BCUT2D eigenvalue weighted by atomic mass is 79.9. The molecule has 0 aliphatic carbocycles. The molecule has 50 valence electrons. The second-order valence-electron chi connectivity index (χ2n) is 1.92. The summed E-state index contributed by atoms with van der Waals surface area (Å²) in [4.78, 5) is 2.27. The maximum absolute atomic E-state index is 5.10. The molecule has 3 heteroatoms. The van der Waals surface area contributed by atoms with Gasteiger partial charge in [-0.05, 0) is 7.05 Å². The summed E-state index contributed by atoms with van der Waals surface area (Å²) < 4.78 is 5.10. The van der Waals surface area contributed by atoms with Crippen molar-refractivity contribution in [1.29, 1.82) is 0 Å². The second kappa shape index (κ2) is 4.30. The Balaban J connectivity index is 0.000000490. The molecule has 1 aliphatic heterocycles. The standard InChI is InChI=1S/C5H11NO.BrH/c1-6-2-4-7-5-3-6;/h2-5H2,1H3;1H. The Morgan fingerprint density at radius 1 is 1.25 bits per heavy atom. The summed E-state index contributed by atoms with van der Waals surface area (Å²) in [6, 6.07) is 0. The van der Waals surface area contributed by atoms with E-state index in [2.05, 4.69) is 11.9 Å². The number of morpholine rings is 1. The Morgan fingerprint density at radius 3 is 2.00 bits per heavy atom. The van der Waals surface area contributed by atoms with Gasteiger partial charge in [-0.2, -0.15) is 0 Å². The Kier molecular flexibility index (Phi) is 4.51. The predicted molar refractivity (Wildman–Crippen MR) is 38.6 cm³/mol. The van der Waals surface area contributed by atoms with Gasteiger partial charge in [-0.3, -0.25) is 0 Å². The highest BCUT2D eigenvalue weighted by Gasteiger charge is 2.02. The van der Waals surface area contributed by atoms with E-state index in [9.17, 15) is 0 Å². The van der Waals surface area contributed by atoms with Gasteiger partial charge in [-0.25, -0.2) is 0 Å². The van der Waals surface area contributed by atoms with Gasteiger partial charge in [0.2, 0.25) is 0 Å². The zero-order chi connectivity index (χ0) is 5.11. The van der Waals surface area contributed by atoms with E-state index < -0.39 is 0 Å². The van der Waals surface area contributed by atoms with Crippen LogP contribution in [0.4, 0.5) is 0 Å². The van der Waals surface area contributed by atoms with E-state index in [0.717, 1.165) is 26.3 Å². The van der Waals surface area contributed by atoms with Gasteiger partial charge in [0.25, 0.3) is 0 Å². The molecule has 1 aliphatic rings. The average Bonchev–Trinajstić information content (AvgIpc) is 1.69. The normalized spacial score (nSPS) is 22.1. The van der Waals surface area contributed by atoms with Crippen molar-refractivity contribution in [3.63, 3.8) is 0 Å². The summed E-state index contributed by atoms with van der Waals surface area (Å²) in [6.45, 7) is 4.02. The van der Waals surface area contributed by atoms with Crippen molar-refractivity contribution >= 4 is 17.0 Å². The van der Waals surface area contributed by atoms with E-state index in [1.54, 1.807) is 0 Å². The molecule has 0 spiro atoms. The van der Waals surface area contributed by atoms with Crippen LogP contribution >= 0.6 is 17.0 Å². The lowest BCUT2D eigenvalue weighted by Gasteiger charge is -2.21. The fourth-order valence-corrected chi connectivity index (χ4v) is 0.655. The SMILES string of the molecule is Br.CN1CCOCC1. The van der Waals surface area contributed by atoms with Crippen LogP contribution in [0.25, 0.3) is 0 Å². The number of halogens is 1. The largest absolute Gasteiger partial charge is 0.379 e. The summed E-state index contributed by atoms with van der Waals surface area (Å²) in [5.74, 6) is 0. The lowest BCUT2D eigenvalue weighted by Crippen LogP contribution is -2.32. The summed E-state index contributed by atoms with van der Waals surface area (Å²) in [5, 5.41) is 0. The molecule has 1 fully saturated rings. The average molecular weight is 182 g/mol. The van der Waals surface area contributed by atoms with Crippen LogP contribution in [0.2, 0.25) is 0 Å². The van der Waals surface area contributed by atoms with Gasteiger partial charge in [0, 0.05) is 13.1 Å². The fraction of sp³-hybridized carbons (Fsp3) is 1.00.